The number of hydrogen-bond donors (Lipinski definition) is 1. The average molecular weight is 496 g/mol. The minimum absolute atomic E-state index is 0.0194. The van der Waals surface area contributed by atoms with Crippen molar-refractivity contribution in [1.29, 1.82) is 0 Å². The lowest BCUT2D eigenvalue weighted by Crippen LogP contribution is -2.34. The quantitative estimate of drug-likeness (QED) is 0.379. The van der Waals surface area contributed by atoms with Crippen molar-refractivity contribution in [2.45, 2.75) is 58.5 Å². The summed E-state index contributed by atoms with van der Waals surface area (Å²) in [5.41, 5.74) is 2.49. The lowest BCUT2D eigenvalue weighted by Gasteiger charge is -2.33. The van der Waals surface area contributed by atoms with Gasteiger partial charge in [0, 0.05) is 45.1 Å². The molecule has 1 aliphatic heterocycles. The number of aromatic amines is 1. The maximum absolute atomic E-state index is 13.0. The number of rotatable bonds is 11. The van der Waals surface area contributed by atoms with Gasteiger partial charge in [-0.2, -0.15) is 9.97 Å². The fourth-order valence-corrected chi connectivity index (χ4v) is 4.57. The molecule has 0 amide bonds. The van der Waals surface area contributed by atoms with Crippen LogP contribution in [-0.4, -0.2) is 65.7 Å². The summed E-state index contributed by atoms with van der Waals surface area (Å²) >= 11 is 0. The van der Waals surface area contributed by atoms with Gasteiger partial charge in [-0.15, -0.1) is 0 Å². The summed E-state index contributed by atoms with van der Waals surface area (Å²) in [7, 11) is 3.33. The van der Waals surface area contributed by atoms with Gasteiger partial charge in [-0.1, -0.05) is 20.3 Å². The van der Waals surface area contributed by atoms with Gasteiger partial charge in [0.2, 0.25) is 0 Å². The topological polar surface area (TPSA) is 102 Å². The van der Waals surface area contributed by atoms with Crippen LogP contribution in [0.2, 0.25) is 0 Å². The molecule has 3 aromatic heterocycles. The fraction of sp³-hybridized carbons (Fsp3) is 0.556. The van der Waals surface area contributed by atoms with Gasteiger partial charge < -0.3 is 24.1 Å². The minimum Gasteiger partial charge on any atom is -0.496 e. The van der Waals surface area contributed by atoms with Crippen LogP contribution in [0.4, 0.5) is 5.82 Å². The maximum Gasteiger partial charge on any atom is 0.319 e. The number of nitrogens with zero attached hydrogens (tertiary/aromatic N) is 4. The molecule has 1 saturated heterocycles. The summed E-state index contributed by atoms with van der Waals surface area (Å²) in [4.78, 5) is 32.0. The number of anilines is 1. The van der Waals surface area contributed by atoms with E-state index in [4.69, 9.17) is 14.2 Å². The predicted octanol–water partition coefficient (Wildman–Crippen LogP) is 4.78. The summed E-state index contributed by atoms with van der Waals surface area (Å²) in [5.74, 6) is 2.26. The van der Waals surface area contributed by atoms with Crippen molar-refractivity contribution in [2.75, 3.05) is 38.8 Å². The first-order valence-corrected chi connectivity index (χ1v) is 12.8. The van der Waals surface area contributed by atoms with Crippen LogP contribution in [-0.2, 0) is 4.74 Å². The number of nitrogens with one attached hydrogen (secondary N) is 1. The van der Waals surface area contributed by atoms with Crippen molar-refractivity contribution >= 4 is 22.6 Å². The van der Waals surface area contributed by atoms with E-state index in [9.17, 15) is 4.79 Å². The van der Waals surface area contributed by atoms with Crippen LogP contribution in [0, 0.1) is 5.92 Å². The fourth-order valence-electron chi connectivity index (χ4n) is 4.57. The third-order valence-electron chi connectivity index (χ3n) is 7.10. The third kappa shape index (κ3) is 5.78. The standard InChI is InChI=1S/C27H37N5O4/c1-6-17(2)13-22(33)21-14-24(31-27(30-21)36-16-18(3)34-4)32-11-8-19(9-12-32)20-15-29-26-25(20)23(35-5)7-10-28-26/h7,10,14-15,17-19H,6,8-9,11-13,16H2,1-5H3,(H,28,29)/t17-,18-/m0/s1. The molecular weight excluding hydrogens is 458 g/mol. The number of ether oxygens (including phenoxy) is 3. The lowest BCUT2D eigenvalue weighted by molar-refractivity contribution is 0.0678. The average Bonchev–Trinajstić information content (AvgIpc) is 3.36. The molecule has 194 valence electrons. The van der Waals surface area contributed by atoms with Crippen molar-refractivity contribution in [3.63, 3.8) is 0 Å². The second-order valence-electron chi connectivity index (χ2n) is 9.63. The zero-order valence-corrected chi connectivity index (χ0v) is 21.9. The Morgan fingerprint density at radius 1 is 1.22 bits per heavy atom. The largest absolute Gasteiger partial charge is 0.496 e. The smallest absolute Gasteiger partial charge is 0.319 e. The molecule has 0 aliphatic carbocycles. The molecule has 9 heteroatoms. The molecule has 3 aromatic rings. The Bertz CT molecular complexity index is 1170. The summed E-state index contributed by atoms with van der Waals surface area (Å²) in [6.07, 6.45) is 7.00. The molecule has 0 unspecified atom stereocenters. The highest BCUT2D eigenvalue weighted by Crippen LogP contribution is 2.37. The van der Waals surface area contributed by atoms with Gasteiger partial charge in [-0.05, 0) is 43.2 Å². The van der Waals surface area contributed by atoms with E-state index < -0.39 is 0 Å². The van der Waals surface area contributed by atoms with Crippen LogP contribution >= 0.6 is 0 Å². The van der Waals surface area contributed by atoms with Gasteiger partial charge in [0.05, 0.1) is 18.6 Å². The van der Waals surface area contributed by atoms with E-state index in [1.807, 2.05) is 19.1 Å². The van der Waals surface area contributed by atoms with Gasteiger partial charge in [0.15, 0.2) is 5.78 Å². The second-order valence-corrected chi connectivity index (χ2v) is 9.63. The SMILES string of the molecule is CC[C@H](C)CC(=O)c1cc(N2CCC(c3c[nH]c4nccc(OC)c34)CC2)nc(OC[C@H](C)OC)n1. The first-order valence-electron chi connectivity index (χ1n) is 12.8. The number of carbonyl (C=O) groups excluding carboxylic acids is 1. The normalized spacial score (nSPS) is 16.2. The molecule has 9 nitrogen and oxygen atoms in total. The molecular formula is C27H37N5O4. The molecule has 0 saturated carbocycles. The Kier molecular flexibility index (Phi) is 8.40. The van der Waals surface area contributed by atoms with Crippen LogP contribution in [0.1, 0.15) is 68.4 Å². The number of aromatic nitrogens is 4. The Morgan fingerprint density at radius 2 is 2.00 bits per heavy atom. The zero-order chi connectivity index (χ0) is 25.7. The summed E-state index contributed by atoms with van der Waals surface area (Å²) in [6.45, 7) is 8.02. The highest BCUT2D eigenvalue weighted by atomic mass is 16.5. The number of fused-ring (bicyclic) bond motifs is 1. The van der Waals surface area contributed by atoms with Gasteiger partial charge in [-0.25, -0.2) is 4.98 Å². The van der Waals surface area contributed by atoms with E-state index in [0.29, 0.717) is 30.6 Å². The molecule has 1 N–H and O–H groups in total. The number of piperidine rings is 1. The molecule has 0 radical (unpaired) electrons. The molecule has 4 rings (SSSR count). The molecule has 1 aliphatic rings. The van der Waals surface area contributed by atoms with Crippen molar-refractivity contribution < 1.29 is 19.0 Å². The number of hydrogen-bond acceptors (Lipinski definition) is 8. The predicted molar refractivity (Wildman–Crippen MR) is 139 cm³/mol. The van der Waals surface area contributed by atoms with Gasteiger partial charge in [0.1, 0.15) is 29.5 Å². The molecule has 0 aromatic carbocycles. The van der Waals surface area contributed by atoms with Crippen molar-refractivity contribution in [2.24, 2.45) is 5.92 Å². The van der Waals surface area contributed by atoms with Crippen molar-refractivity contribution in [3.8, 4) is 11.8 Å². The lowest BCUT2D eigenvalue weighted by atomic mass is 9.89. The summed E-state index contributed by atoms with van der Waals surface area (Å²) in [5, 5.41) is 1.06. The van der Waals surface area contributed by atoms with Crippen LogP contribution in [0.3, 0.4) is 0 Å². The van der Waals surface area contributed by atoms with Crippen LogP contribution < -0.4 is 14.4 Å². The Hall–Kier alpha value is -3.20. The van der Waals surface area contributed by atoms with Crippen LogP contribution in [0.5, 0.6) is 11.8 Å². The van der Waals surface area contributed by atoms with Crippen LogP contribution in [0.15, 0.2) is 24.5 Å². The number of H-pyrrole nitrogens is 1. The third-order valence-corrected chi connectivity index (χ3v) is 7.10. The van der Waals surface area contributed by atoms with Gasteiger partial charge >= 0.3 is 6.01 Å². The Balaban J connectivity index is 1.53. The second kappa shape index (κ2) is 11.7. The summed E-state index contributed by atoms with van der Waals surface area (Å²) in [6, 6.07) is 3.94. The minimum atomic E-state index is -0.102. The summed E-state index contributed by atoms with van der Waals surface area (Å²) < 4.78 is 16.7. The van der Waals surface area contributed by atoms with Gasteiger partial charge in [-0.3, -0.25) is 4.79 Å². The number of ketones is 1. The Morgan fingerprint density at radius 3 is 2.69 bits per heavy atom. The Labute approximate surface area is 212 Å². The maximum atomic E-state index is 13.0. The molecule has 4 heterocycles. The van der Waals surface area contributed by atoms with E-state index in [-0.39, 0.29) is 17.9 Å². The first-order chi connectivity index (χ1) is 17.4. The van der Waals surface area contributed by atoms with E-state index in [2.05, 4.69) is 44.9 Å². The van der Waals surface area contributed by atoms with E-state index in [0.717, 1.165) is 55.0 Å². The highest BCUT2D eigenvalue weighted by Gasteiger charge is 2.26. The van der Waals surface area contributed by atoms with E-state index in [1.165, 1.54) is 5.56 Å². The van der Waals surface area contributed by atoms with E-state index in [1.54, 1.807) is 20.4 Å². The highest BCUT2D eigenvalue weighted by molar-refractivity contribution is 5.95. The van der Waals surface area contributed by atoms with Crippen molar-refractivity contribution in [3.05, 3.63) is 35.8 Å². The van der Waals surface area contributed by atoms with Crippen LogP contribution in [0.25, 0.3) is 11.0 Å². The number of methoxy groups -OCH3 is 2. The van der Waals surface area contributed by atoms with Crippen molar-refractivity contribution in [1.82, 2.24) is 19.9 Å². The zero-order valence-electron chi connectivity index (χ0n) is 21.9. The number of pyridine rings is 1. The molecule has 1 fully saturated rings. The first kappa shape index (κ1) is 25.9. The monoisotopic (exact) mass is 495 g/mol. The molecule has 0 spiro atoms. The molecule has 36 heavy (non-hydrogen) atoms. The molecule has 0 bridgehead atoms. The number of carbonyl (C=O) groups is 1. The van der Waals surface area contributed by atoms with E-state index >= 15 is 0 Å². The number of Topliss-reactive ketones (excluding diaryl/α,β-unsaturated/α-hetero) is 1. The molecule has 2 atom stereocenters. The van der Waals surface area contributed by atoms with Gasteiger partial charge in [0.25, 0.3) is 0 Å².